The zero-order chi connectivity index (χ0) is 13.4. The first-order valence-corrected chi connectivity index (χ1v) is 7.16. The van der Waals surface area contributed by atoms with Crippen molar-refractivity contribution in [3.63, 3.8) is 0 Å². The van der Waals surface area contributed by atoms with Gasteiger partial charge >= 0.3 is 0 Å². The van der Waals surface area contributed by atoms with Gasteiger partial charge in [-0.3, -0.25) is 0 Å². The van der Waals surface area contributed by atoms with Gasteiger partial charge in [-0.25, -0.2) is 9.97 Å². The molecular formula is C13H20N4S. The summed E-state index contributed by atoms with van der Waals surface area (Å²) >= 11 is 1.64. The fourth-order valence-corrected chi connectivity index (χ4v) is 2.39. The Balaban J connectivity index is 2.34. The Morgan fingerprint density at radius 3 is 2.61 bits per heavy atom. The van der Waals surface area contributed by atoms with E-state index in [4.69, 9.17) is 0 Å². The smallest absolute Gasteiger partial charge is 0.187 e. The zero-order valence-electron chi connectivity index (χ0n) is 11.2. The Morgan fingerprint density at radius 1 is 1.44 bits per heavy atom. The average molecular weight is 264 g/mol. The molecule has 0 aromatic carbocycles. The highest BCUT2D eigenvalue weighted by atomic mass is 32.2. The van der Waals surface area contributed by atoms with E-state index in [9.17, 15) is 5.26 Å². The van der Waals surface area contributed by atoms with Crippen LogP contribution < -0.4 is 5.32 Å². The highest BCUT2D eigenvalue weighted by Crippen LogP contribution is 2.20. The van der Waals surface area contributed by atoms with Crippen LogP contribution in [0.5, 0.6) is 0 Å². The van der Waals surface area contributed by atoms with Gasteiger partial charge in [0.25, 0.3) is 0 Å². The number of aromatic nitrogens is 2. The molecule has 5 heteroatoms. The molecule has 0 amide bonds. The van der Waals surface area contributed by atoms with E-state index in [1.54, 1.807) is 11.8 Å². The van der Waals surface area contributed by atoms with E-state index in [0.29, 0.717) is 0 Å². The van der Waals surface area contributed by atoms with Gasteiger partial charge in [0.2, 0.25) is 0 Å². The summed E-state index contributed by atoms with van der Waals surface area (Å²) in [6, 6.07) is 2.37. The minimum Gasteiger partial charge on any atom is -0.302 e. The molecule has 0 saturated heterocycles. The fraction of sp³-hybridized carbons (Fsp3) is 0.615. The molecule has 0 fully saturated rings. The van der Waals surface area contributed by atoms with Crippen LogP contribution in [0.4, 0.5) is 0 Å². The number of aryl methyl sites for hydroxylation is 1. The number of hydrogen-bond acceptors (Lipinski definition) is 5. The monoisotopic (exact) mass is 264 g/mol. The van der Waals surface area contributed by atoms with Crippen molar-refractivity contribution >= 4 is 11.8 Å². The van der Waals surface area contributed by atoms with Gasteiger partial charge in [0.05, 0.1) is 6.07 Å². The van der Waals surface area contributed by atoms with E-state index in [0.717, 1.165) is 35.7 Å². The van der Waals surface area contributed by atoms with Crippen molar-refractivity contribution in [2.24, 2.45) is 0 Å². The van der Waals surface area contributed by atoms with Crippen molar-refractivity contribution in [2.45, 2.75) is 43.8 Å². The standard InChI is InChI=1S/C13H20N4S/c1-4-13(10-14,15-3)6-5-7-18-12-16-8-11(2)9-17-12/h8-9,15H,4-7H2,1-3H3. The Labute approximate surface area is 113 Å². The van der Waals surface area contributed by atoms with E-state index in [1.807, 2.05) is 33.3 Å². The highest BCUT2D eigenvalue weighted by molar-refractivity contribution is 7.99. The number of nitrogens with zero attached hydrogens (tertiary/aromatic N) is 3. The predicted octanol–water partition coefficient (Wildman–Crippen LogP) is 2.55. The molecule has 0 aliphatic carbocycles. The maximum Gasteiger partial charge on any atom is 0.187 e. The highest BCUT2D eigenvalue weighted by Gasteiger charge is 2.24. The first-order chi connectivity index (χ1) is 8.65. The Bertz CT molecular complexity index is 392. The summed E-state index contributed by atoms with van der Waals surface area (Å²) < 4.78 is 0. The van der Waals surface area contributed by atoms with Gasteiger partial charge in [-0.05, 0) is 38.8 Å². The minimum absolute atomic E-state index is 0.380. The zero-order valence-corrected chi connectivity index (χ0v) is 12.0. The molecule has 1 aromatic rings. The summed E-state index contributed by atoms with van der Waals surface area (Å²) in [6.07, 6.45) is 6.31. The van der Waals surface area contributed by atoms with Crippen molar-refractivity contribution in [1.82, 2.24) is 15.3 Å². The van der Waals surface area contributed by atoms with Crippen LogP contribution in [0.15, 0.2) is 17.6 Å². The molecule has 0 radical (unpaired) electrons. The maximum absolute atomic E-state index is 9.18. The summed E-state index contributed by atoms with van der Waals surface area (Å²) in [5, 5.41) is 13.1. The first-order valence-electron chi connectivity index (χ1n) is 6.17. The lowest BCUT2D eigenvalue weighted by Crippen LogP contribution is -2.40. The van der Waals surface area contributed by atoms with Gasteiger partial charge in [0.15, 0.2) is 5.16 Å². The lowest BCUT2D eigenvalue weighted by Gasteiger charge is -2.24. The summed E-state index contributed by atoms with van der Waals surface area (Å²) in [5.41, 5.74) is 0.693. The van der Waals surface area contributed by atoms with Gasteiger partial charge in [0, 0.05) is 18.1 Å². The maximum atomic E-state index is 9.18. The van der Waals surface area contributed by atoms with E-state index >= 15 is 0 Å². The summed E-state index contributed by atoms with van der Waals surface area (Å²) in [4.78, 5) is 8.49. The first kappa shape index (κ1) is 14.9. The molecule has 0 bridgehead atoms. The van der Waals surface area contributed by atoms with E-state index in [-0.39, 0.29) is 5.54 Å². The molecule has 1 unspecified atom stereocenters. The third kappa shape index (κ3) is 4.28. The molecule has 1 rings (SSSR count). The largest absolute Gasteiger partial charge is 0.302 e. The molecule has 0 aliphatic rings. The van der Waals surface area contributed by atoms with Crippen LogP contribution in [-0.2, 0) is 0 Å². The molecule has 1 aromatic heterocycles. The van der Waals surface area contributed by atoms with Crippen LogP contribution in [0.25, 0.3) is 0 Å². The molecule has 1 heterocycles. The van der Waals surface area contributed by atoms with Crippen LogP contribution in [0, 0.1) is 18.3 Å². The van der Waals surface area contributed by atoms with Gasteiger partial charge in [-0.1, -0.05) is 18.7 Å². The molecule has 1 N–H and O–H groups in total. The quantitative estimate of drug-likeness (QED) is 0.466. The van der Waals surface area contributed by atoms with Crippen molar-refractivity contribution in [1.29, 1.82) is 5.26 Å². The molecule has 0 aliphatic heterocycles. The second-order valence-electron chi connectivity index (χ2n) is 4.29. The lowest BCUT2D eigenvalue weighted by atomic mass is 9.93. The molecular weight excluding hydrogens is 244 g/mol. The van der Waals surface area contributed by atoms with Crippen molar-refractivity contribution < 1.29 is 0 Å². The molecule has 18 heavy (non-hydrogen) atoms. The second kappa shape index (κ2) is 7.34. The van der Waals surface area contributed by atoms with Gasteiger partial charge in [-0.2, -0.15) is 5.26 Å². The Kier molecular flexibility index (Phi) is 6.10. The van der Waals surface area contributed by atoms with E-state index in [1.165, 1.54) is 0 Å². The molecule has 98 valence electrons. The van der Waals surface area contributed by atoms with Crippen LogP contribution in [0.1, 0.15) is 31.7 Å². The number of hydrogen-bond donors (Lipinski definition) is 1. The summed E-state index contributed by atoms with van der Waals surface area (Å²) in [6.45, 7) is 4.01. The number of rotatable bonds is 7. The van der Waals surface area contributed by atoms with Gasteiger partial charge in [-0.15, -0.1) is 0 Å². The van der Waals surface area contributed by atoms with Gasteiger partial charge < -0.3 is 5.32 Å². The van der Waals surface area contributed by atoms with E-state index in [2.05, 4.69) is 21.4 Å². The molecule has 0 saturated carbocycles. The fourth-order valence-electron chi connectivity index (χ4n) is 1.66. The average Bonchev–Trinajstić information content (AvgIpc) is 2.42. The molecule has 1 atom stereocenters. The molecule has 0 spiro atoms. The van der Waals surface area contributed by atoms with Crippen LogP contribution in [-0.4, -0.2) is 28.3 Å². The van der Waals surface area contributed by atoms with E-state index < -0.39 is 0 Å². The topological polar surface area (TPSA) is 61.6 Å². The predicted molar refractivity (Wildman–Crippen MR) is 74.4 cm³/mol. The number of nitriles is 1. The van der Waals surface area contributed by atoms with Crippen molar-refractivity contribution in [3.8, 4) is 6.07 Å². The van der Waals surface area contributed by atoms with Crippen molar-refractivity contribution in [2.75, 3.05) is 12.8 Å². The number of nitrogens with one attached hydrogen (secondary N) is 1. The van der Waals surface area contributed by atoms with Gasteiger partial charge in [0.1, 0.15) is 5.54 Å². The number of thioether (sulfide) groups is 1. The second-order valence-corrected chi connectivity index (χ2v) is 5.35. The summed E-state index contributed by atoms with van der Waals surface area (Å²) in [5.74, 6) is 0.939. The van der Waals surface area contributed by atoms with Crippen LogP contribution in [0.2, 0.25) is 0 Å². The van der Waals surface area contributed by atoms with Crippen molar-refractivity contribution in [3.05, 3.63) is 18.0 Å². The lowest BCUT2D eigenvalue weighted by molar-refractivity contribution is 0.400. The Hall–Kier alpha value is -1.12. The molecule has 4 nitrogen and oxygen atoms in total. The Morgan fingerprint density at radius 2 is 2.11 bits per heavy atom. The third-order valence-electron chi connectivity index (χ3n) is 3.03. The van der Waals surface area contributed by atoms with Crippen LogP contribution in [0.3, 0.4) is 0 Å². The summed E-state index contributed by atoms with van der Waals surface area (Å²) in [7, 11) is 1.85. The minimum atomic E-state index is -0.380. The SMILES string of the molecule is CCC(C#N)(CCCSc1ncc(C)cn1)NC. The third-order valence-corrected chi connectivity index (χ3v) is 3.99. The van der Waals surface area contributed by atoms with Crippen LogP contribution >= 0.6 is 11.8 Å². The normalized spacial score (nSPS) is 13.9.